The molecule has 0 spiro atoms. The first kappa shape index (κ1) is 12.9. The van der Waals surface area contributed by atoms with Crippen LogP contribution in [0.15, 0.2) is 0 Å². The van der Waals surface area contributed by atoms with E-state index >= 15 is 0 Å². The molecule has 0 amide bonds. The van der Waals surface area contributed by atoms with Crippen molar-refractivity contribution in [3.05, 3.63) is 0 Å². The molecule has 0 saturated carbocycles. The van der Waals surface area contributed by atoms with E-state index in [4.69, 9.17) is 0 Å². The molecule has 4 nitrogen and oxygen atoms in total. The van der Waals surface area contributed by atoms with Crippen LogP contribution in [0, 0.1) is 5.92 Å². The van der Waals surface area contributed by atoms with Gasteiger partial charge in [-0.3, -0.25) is 0 Å². The molecule has 0 bridgehead atoms. The number of sulfonamides is 1. The lowest BCUT2D eigenvalue weighted by atomic mass is 10.0. The maximum absolute atomic E-state index is 11.6. The molecule has 0 aromatic rings. The zero-order valence-corrected chi connectivity index (χ0v) is 10.3. The quantitative estimate of drug-likeness (QED) is 0.665. The van der Waals surface area contributed by atoms with Gasteiger partial charge in [-0.2, -0.15) is 0 Å². The van der Waals surface area contributed by atoms with Gasteiger partial charge in [0.1, 0.15) is 0 Å². The Hall–Kier alpha value is -0.130. The molecule has 2 N–H and O–H groups in total. The first-order chi connectivity index (χ1) is 7.14. The number of hydrogen-bond acceptors (Lipinski definition) is 3. The van der Waals surface area contributed by atoms with Crippen LogP contribution < -0.4 is 10.0 Å². The molecule has 0 aromatic carbocycles. The van der Waals surface area contributed by atoms with E-state index in [0.29, 0.717) is 6.54 Å². The van der Waals surface area contributed by atoms with Crippen molar-refractivity contribution in [2.45, 2.75) is 32.6 Å². The highest BCUT2D eigenvalue weighted by Gasteiger charge is 2.20. The van der Waals surface area contributed by atoms with Crippen LogP contribution in [0.3, 0.4) is 0 Å². The van der Waals surface area contributed by atoms with Gasteiger partial charge in [0.05, 0.1) is 5.75 Å². The van der Waals surface area contributed by atoms with Crippen LogP contribution in [0.5, 0.6) is 0 Å². The minimum atomic E-state index is -3.04. The highest BCUT2D eigenvalue weighted by atomic mass is 32.2. The third kappa shape index (κ3) is 5.49. The fraction of sp³-hybridized carbons (Fsp3) is 1.00. The van der Waals surface area contributed by atoms with Crippen molar-refractivity contribution >= 4 is 10.0 Å². The summed E-state index contributed by atoms with van der Waals surface area (Å²) < 4.78 is 25.9. The molecule has 15 heavy (non-hydrogen) atoms. The number of rotatable bonds is 6. The molecule has 5 heteroatoms. The Labute approximate surface area is 92.9 Å². The van der Waals surface area contributed by atoms with Crippen LogP contribution >= 0.6 is 0 Å². The van der Waals surface area contributed by atoms with Gasteiger partial charge in [-0.15, -0.1) is 0 Å². The Balaban J connectivity index is 2.27. The monoisotopic (exact) mass is 234 g/mol. The summed E-state index contributed by atoms with van der Waals surface area (Å²) in [5, 5.41) is 3.23. The summed E-state index contributed by atoms with van der Waals surface area (Å²) in [5.41, 5.74) is 0. The molecule has 0 aromatic heterocycles. The van der Waals surface area contributed by atoms with Gasteiger partial charge < -0.3 is 5.32 Å². The molecule has 0 radical (unpaired) electrons. The van der Waals surface area contributed by atoms with Gasteiger partial charge in [-0.1, -0.05) is 13.3 Å². The van der Waals surface area contributed by atoms with Crippen LogP contribution in [-0.4, -0.2) is 33.8 Å². The van der Waals surface area contributed by atoms with E-state index in [0.717, 1.165) is 38.8 Å². The molecule has 90 valence electrons. The lowest BCUT2D eigenvalue weighted by Crippen LogP contribution is -2.37. The highest BCUT2D eigenvalue weighted by molar-refractivity contribution is 7.89. The molecule has 1 saturated heterocycles. The van der Waals surface area contributed by atoms with Gasteiger partial charge in [-0.05, 0) is 38.3 Å². The van der Waals surface area contributed by atoms with Gasteiger partial charge in [0, 0.05) is 6.54 Å². The van der Waals surface area contributed by atoms with Crippen molar-refractivity contribution < 1.29 is 8.42 Å². The summed E-state index contributed by atoms with van der Waals surface area (Å²) in [7, 11) is -3.04. The topological polar surface area (TPSA) is 58.2 Å². The minimum absolute atomic E-state index is 0.281. The molecule has 1 rings (SSSR count). The number of hydrogen-bond donors (Lipinski definition) is 2. The van der Waals surface area contributed by atoms with Crippen molar-refractivity contribution in [2.75, 3.05) is 25.4 Å². The largest absolute Gasteiger partial charge is 0.316 e. The molecular formula is C10H22N2O2S. The lowest BCUT2D eigenvalue weighted by molar-refractivity contribution is 0.402. The Morgan fingerprint density at radius 1 is 1.47 bits per heavy atom. The third-order valence-electron chi connectivity index (χ3n) is 2.71. The normalized spacial score (nSPS) is 22.9. The molecule has 1 fully saturated rings. The highest BCUT2D eigenvalue weighted by Crippen LogP contribution is 2.11. The molecule has 0 aliphatic carbocycles. The molecule has 1 aliphatic rings. The zero-order valence-electron chi connectivity index (χ0n) is 9.46. The fourth-order valence-electron chi connectivity index (χ4n) is 1.84. The van der Waals surface area contributed by atoms with Crippen molar-refractivity contribution in [1.82, 2.24) is 10.0 Å². The Kier molecular flexibility index (Phi) is 5.56. The van der Waals surface area contributed by atoms with Crippen LogP contribution in [-0.2, 0) is 10.0 Å². The third-order valence-corrected chi connectivity index (χ3v) is 4.26. The van der Waals surface area contributed by atoms with E-state index in [2.05, 4.69) is 17.0 Å². The maximum Gasteiger partial charge on any atom is 0.211 e. The summed E-state index contributed by atoms with van der Waals surface area (Å²) in [6.45, 7) is 4.51. The Morgan fingerprint density at radius 3 is 2.87 bits per heavy atom. The summed E-state index contributed by atoms with van der Waals surface area (Å²) in [4.78, 5) is 0. The van der Waals surface area contributed by atoms with Crippen LogP contribution in [0.4, 0.5) is 0 Å². The van der Waals surface area contributed by atoms with Gasteiger partial charge in [0.15, 0.2) is 0 Å². The predicted octanol–water partition coefficient (Wildman–Crippen LogP) is 0.706. The predicted molar refractivity (Wildman–Crippen MR) is 62.3 cm³/mol. The van der Waals surface area contributed by atoms with E-state index in [1.54, 1.807) is 0 Å². The first-order valence-corrected chi connectivity index (χ1v) is 7.47. The van der Waals surface area contributed by atoms with Crippen molar-refractivity contribution in [3.8, 4) is 0 Å². The van der Waals surface area contributed by atoms with Gasteiger partial charge in [0.2, 0.25) is 10.0 Å². The fourth-order valence-corrected chi connectivity index (χ4v) is 3.32. The Bertz CT molecular complexity index is 259. The molecule has 1 aliphatic heterocycles. The molecular weight excluding hydrogens is 212 g/mol. The van der Waals surface area contributed by atoms with Crippen LogP contribution in [0.2, 0.25) is 0 Å². The van der Waals surface area contributed by atoms with E-state index in [1.165, 1.54) is 0 Å². The molecule has 1 atom stereocenters. The van der Waals surface area contributed by atoms with Crippen molar-refractivity contribution in [1.29, 1.82) is 0 Å². The Morgan fingerprint density at radius 2 is 2.27 bits per heavy atom. The minimum Gasteiger partial charge on any atom is -0.316 e. The lowest BCUT2D eigenvalue weighted by Gasteiger charge is -2.22. The summed E-state index contributed by atoms with van der Waals surface area (Å²) in [6, 6.07) is 0. The van der Waals surface area contributed by atoms with E-state index in [-0.39, 0.29) is 11.7 Å². The second kappa shape index (κ2) is 6.45. The van der Waals surface area contributed by atoms with Gasteiger partial charge in [-0.25, -0.2) is 13.1 Å². The number of nitrogens with one attached hydrogen (secondary N) is 2. The smallest absolute Gasteiger partial charge is 0.211 e. The van der Waals surface area contributed by atoms with Crippen molar-refractivity contribution in [2.24, 2.45) is 5.92 Å². The summed E-state index contributed by atoms with van der Waals surface area (Å²) >= 11 is 0. The first-order valence-electron chi connectivity index (χ1n) is 5.82. The average Bonchev–Trinajstić information content (AvgIpc) is 2.18. The van der Waals surface area contributed by atoms with E-state index in [9.17, 15) is 8.42 Å². The maximum atomic E-state index is 11.6. The average molecular weight is 234 g/mol. The van der Waals surface area contributed by atoms with Crippen molar-refractivity contribution in [3.63, 3.8) is 0 Å². The molecule has 1 heterocycles. The van der Waals surface area contributed by atoms with E-state index < -0.39 is 10.0 Å². The van der Waals surface area contributed by atoms with Crippen LogP contribution in [0.25, 0.3) is 0 Å². The van der Waals surface area contributed by atoms with Gasteiger partial charge >= 0.3 is 0 Å². The van der Waals surface area contributed by atoms with E-state index in [1.807, 2.05) is 0 Å². The van der Waals surface area contributed by atoms with Crippen LogP contribution in [0.1, 0.15) is 32.6 Å². The summed E-state index contributed by atoms with van der Waals surface area (Å²) in [6.07, 6.45) is 4.06. The summed E-state index contributed by atoms with van der Waals surface area (Å²) in [5.74, 6) is 0.571. The van der Waals surface area contributed by atoms with Gasteiger partial charge in [0.25, 0.3) is 0 Å². The SMILES string of the molecule is CCCCNS(=O)(=O)CC1CCCNC1. The standard InChI is InChI=1S/C10H22N2O2S/c1-2-3-7-12-15(13,14)9-10-5-4-6-11-8-10/h10-12H,2-9H2,1H3. The molecule has 1 unspecified atom stereocenters. The number of unbranched alkanes of at least 4 members (excludes halogenated alkanes) is 1. The zero-order chi connectivity index (χ0) is 11.1. The second-order valence-electron chi connectivity index (χ2n) is 4.24. The number of piperidine rings is 1. The second-order valence-corrected chi connectivity index (χ2v) is 6.09.